The summed E-state index contributed by atoms with van der Waals surface area (Å²) < 4.78 is 4.66. The lowest BCUT2D eigenvalue weighted by Gasteiger charge is -2.08. The third kappa shape index (κ3) is 2.44. The van der Waals surface area contributed by atoms with Gasteiger partial charge in [0.25, 0.3) is 0 Å². The molecule has 6 nitrogen and oxygen atoms in total. The van der Waals surface area contributed by atoms with E-state index in [9.17, 15) is 5.11 Å². The first-order valence-corrected chi connectivity index (χ1v) is 5.68. The van der Waals surface area contributed by atoms with Gasteiger partial charge in [-0.3, -0.25) is 0 Å². The van der Waals surface area contributed by atoms with E-state index >= 15 is 0 Å². The molecule has 0 fully saturated rings. The Labute approximate surface area is 107 Å². The van der Waals surface area contributed by atoms with Crippen LogP contribution in [0.4, 0.5) is 5.69 Å². The van der Waals surface area contributed by atoms with Crippen LogP contribution in [0.2, 0.25) is 0 Å². The zero-order valence-electron chi connectivity index (χ0n) is 9.41. The summed E-state index contributed by atoms with van der Waals surface area (Å²) >= 11 is 0.804. The van der Waals surface area contributed by atoms with Crippen molar-refractivity contribution in [2.45, 2.75) is 4.90 Å². The van der Waals surface area contributed by atoms with Gasteiger partial charge < -0.3 is 5.11 Å². The molecule has 2 rings (SSSR count). The molecule has 0 spiro atoms. The van der Waals surface area contributed by atoms with Gasteiger partial charge in [0, 0.05) is 5.39 Å². The Kier molecular flexibility index (Phi) is 4.11. The van der Waals surface area contributed by atoms with Crippen molar-refractivity contribution in [2.24, 2.45) is 5.11 Å². The molecule has 0 aliphatic carbocycles. The van der Waals surface area contributed by atoms with Crippen molar-refractivity contribution in [2.75, 3.05) is 7.11 Å². The fourth-order valence-corrected chi connectivity index (χ4v) is 2.10. The SMILES string of the molecule is COOOSc1cc2ccccc2c(O)c1N=N. The minimum Gasteiger partial charge on any atom is -0.505 e. The monoisotopic (exact) mass is 266 g/mol. The first-order chi connectivity index (χ1) is 8.77. The summed E-state index contributed by atoms with van der Waals surface area (Å²) in [5.41, 5.74) is 7.23. The molecule has 18 heavy (non-hydrogen) atoms. The lowest BCUT2D eigenvalue weighted by atomic mass is 10.1. The van der Waals surface area contributed by atoms with Crippen molar-refractivity contribution in [1.82, 2.24) is 0 Å². The molecule has 0 saturated heterocycles. The Hall–Kier alpha value is -1.67. The smallest absolute Gasteiger partial charge is 0.152 e. The topological polar surface area (TPSA) is 84.1 Å². The molecule has 2 aromatic carbocycles. The maximum absolute atomic E-state index is 10.0. The van der Waals surface area contributed by atoms with Crippen molar-refractivity contribution in [3.63, 3.8) is 0 Å². The van der Waals surface area contributed by atoms with Crippen LogP contribution >= 0.6 is 12.0 Å². The Morgan fingerprint density at radius 2 is 2.11 bits per heavy atom. The number of aromatic hydroxyl groups is 1. The van der Waals surface area contributed by atoms with Crippen LogP contribution in [0.1, 0.15) is 0 Å². The number of nitrogens with zero attached hydrogens (tertiary/aromatic N) is 1. The van der Waals surface area contributed by atoms with Gasteiger partial charge in [0.1, 0.15) is 5.69 Å². The van der Waals surface area contributed by atoms with E-state index in [1.807, 2.05) is 12.1 Å². The highest BCUT2D eigenvalue weighted by Crippen LogP contribution is 2.42. The van der Waals surface area contributed by atoms with Crippen molar-refractivity contribution >= 4 is 28.5 Å². The normalized spacial score (nSPS) is 10.7. The summed E-state index contributed by atoms with van der Waals surface area (Å²) in [6.07, 6.45) is 0. The zero-order chi connectivity index (χ0) is 13.0. The first-order valence-electron chi connectivity index (χ1n) is 4.94. The second-order valence-corrected chi connectivity index (χ2v) is 4.03. The van der Waals surface area contributed by atoms with E-state index in [4.69, 9.17) is 5.53 Å². The predicted octanol–water partition coefficient (Wildman–Crippen LogP) is 3.72. The average molecular weight is 266 g/mol. The Morgan fingerprint density at radius 1 is 1.33 bits per heavy atom. The van der Waals surface area contributed by atoms with Crippen LogP contribution in [0.5, 0.6) is 5.75 Å². The third-order valence-electron chi connectivity index (χ3n) is 2.29. The lowest BCUT2D eigenvalue weighted by molar-refractivity contribution is -0.447. The molecule has 0 aliphatic rings. The standard InChI is InChI=1S/C11H10N2O4S/c1-15-16-17-18-9-6-7-4-2-3-5-8(7)11(14)10(9)13-12/h2-6,12,14H,1H3. The van der Waals surface area contributed by atoms with Crippen molar-refractivity contribution < 1.29 is 19.4 Å². The molecule has 0 heterocycles. The number of hydrogen-bond donors (Lipinski definition) is 2. The van der Waals surface area contributed by atoms with Gasteiger partial charge in [-0.25, -0.2) is 10.4 Å². The molecule has 0 saturated carbocycles. The maximum atomic E-state index is 10.0. The fourth-order valence-electron chi connectivity index (χ4n) is 1.54. The maximum Gasteiger partial charge on any atom is 0.152 e. The molecule has 0 radical (unpaired) electrons. The number of nitrogens with one attached hydrogen (secondary N) is 1. The van der Waals surface area contributed by atoms with Crippen molar-refractivity contribution in [3.05, 3.63) is 30.3 Å². The van der Waals surface area contributed by atoms with E-state index in [1.54, 1.807) is 18.2 Å². The quantitative estimate of drug-likeness (QED) is 0.283. The van der Waals surface area contributed by atoms with Crippen LogP contribution in [0.3, 0.4) is 0 Å². The predicted molar refractivity (Wildman–Crippen MR) is 65.5 cm³/mol. The molecule has 94 valence electrons. The van der Waals surface area contributed by atoms with Gasteiger partial charge >= 0.3 is 0 Å². The number of fused-ring (bicyclic) bond motifs is 1. The van der Waals surface area contributed by atoms with Gasteiger partial charge in [0.15, 0.2) is 5.75 Å². The van der Waals surface area contributed by atoms with Crippen molar-refractivity contribution in [1.29, 1.82) is 5.53 Å². The van der Waals surface area contributed by atoms with Crippen LogP contribution in [-0.4, -0.2) is 12.2 Å². The summed E-state index contributed by atoms with van der Waals surface area (Å²) in [5.74, 6) is -0.0633. The minimum absolute atomic E-state index is 0.0633. The van der Waals surface area contributed by atoms with Crippen LogP contribution in [0.25, 0.3) is 10.8 Å². The van der Waals surface area contributed by atoms with Gasteiger partial charge in [0.05, 0.1) is 24.0 Å². The molecule has 0 bridgehead atoms. The highest BCUT2D eigenvalue weighted by atomic mass is 32.2. The number of rotatable bonds is 5. The second kappa shape index (κ2) is 5.78. The highest BCUT2D eigenvalue weighted by Gasteiger charge is 2.13. The number of hydrogen-bond acceptors (Lipinski definition) is 7. The average Bonchev–Trinajstić information content (AvgIpc) is 2.39. The van der Waals surface area contributed by atoms with Crippen molar-refractivity contribution in [3.8, 4) is 5.75 Å². The molecule has 0 unspecified atom stereocenters. The minimum atomic E-state index is -0.0633. The first kappa shape index (κ1) is 12.8. The van der Waals surface area contributed by atoms with Gasteiger partial charge in [-0.2, -0.15) is 5.11 Å². The molecule has 0 aromatic heterocycles. The van der Waals surface area contributed by atoms with Gasteiger partial charge in [-0.15, -0.1) is 4.33 Å². The lowest BCUT2D eigenvalue weighted by Crippen LogP contribution is -1.85. The van der Waals surface area contributed by atoms with Crippen LogP contribution < -0.4 is 0 Å². The van der Waals surface area contributed by atoms with Crippen LogP contribution in [0.15, 0.2) is 40.3 Å². The Bertz CT molecular complexity index is 576. The molecular weight excluding hydrogens is 256 g/mol. The van der Waals surface area contributed by atoms with E-state index in [1.165, 1.54) is 7.11 Å². The van der Waals surface area contributed by atoms with Gasteiger partial charge in [-0.1, -0.05) is 29.3 Å². The van der Waals surface area contributed by atoms with E-state index in [0.717, 1.165) is 17.4 Å². The number of phenols is 1. The molecule has 0 aliphatic heterocycles. The Morgan fingerprint density at radius 3 is 2.83 bits per heavy atom. The number of phenolic OH excluding ortho intramolecular Hbond substituents is 1. The summed E-state index contributed by atoms with van der Waals surface area (Å²) in [5, 5.41) is 19.0. The zero-order valence-corrected chi connectivity index (χ0v) is 10.2. The molecule has 2 aromatic rings. The fraction of sp³-hybridized carbons (Fsp3) is 0.0909. The number of benzene rings is 2. The summed E-state index contributed by atoms with van der Waals surface area (Å²) in [7, 11) is 1.30. The van der Waals surface area contributed by atoms with E-state index in [2.05, 4.69) is 19.4 Å². The van der Waals surface area contributed by atoms with E-state index in [0.29, 0.717) is 10.3 Å². The van der Waals surface area contributed by atoms with Crippen LogP contribution in [0, 0.1) is 5.53 Å². The molecule has 0 amide bonds. The van der Waals surface area contributed by atoms with Gasteiger partial charge in [0.2, 0.25) is 0 Å². The molecule has 0 atom stereocenters. The molecule has 2 N–H and O–H groups in total. The van der Waals surface area contributed by atoms with Crippen LogP contribution in [-0.2, 0) is 14.3 Å². The van der Waals surface area contributed by atoms with Gasteiger partial charge in [-0.05, 0) is 11.5 Å². The summed E-state index contributed by atoms with van der Waals surface area (Å²) in [6.45, 7) is 0. The Balaban J connectivity index is 2.47. The third-order valence-corrected chi connectivity index (χ3v) is 2.91. The molecular formula is C11H10N2O4S. The van der Waals surface area contributed by atoms with E-state index < -0.39 is 0 Å². The largest absolute Gasteiger partial charge is 0.505 e. The summed E-state index contributed by atoms with van der Waals surface area (Å²) in [4.78, 5) is 4.73. The van der Waals surface area contributed by atoms with E-state index in [-0.39, 0.29) is 11.4 Å². The highest BCUT2D eigenvalue weighted by molar-refractivity contribution is 7.94. The molecule has 7 heteroatoms. The second-order valence-electron chi connectivity index (χ2n) is 3.29. The summed E-state index contributed by atoms with van der Waals surface area (Å²) in [6, 6.07) is 8.98.